The summed E-state index contributed by atoms with van der Waals surface area (Å²) < 4.78 is 0. The Morgan fingerprint density at radius 3 is 3.00 bits per heavy atom. The van der Waals surface area contributed by atoms with Crippen LogP contribution < -0.4 is 5.32 Å². The van der Waals surface area contributed by atoms with Crippen molar-refractivity contribution >= 4 is 17.4 Å². The number of alkyl halides is 1. The number of nitrogens with zero attached hydrogens (tertiary/aromatic N) is 2. The van der Waals surface area contributed by atoms with Crippen molar-refractivity contribution in [3.63, 3.8) is 0 Å². The number of rotatable bonds is 4. The van der Waals surface area contributed by atoms with E-state index >= 15 is 0 Å². The fraction of sp³-hybridized carbons (Fsp3) is 0.500. The van der Waals surface area contributed by atoms with Gasteiger partial charge in [-0.15, -0.1) is 11.6 Å². The second-order valence-corrected chi connectivity index (χ2v) is 2.99. The topological polar surface area (TPSA) is 37.8 Å². The lowest BCUT2D eigenvalue weighted by atomic mass is 10.2. The average molecular weight is 186 g/mol. The van der Waals surface area contributed by atoms with Gasteiger partial charge < -0.3 is 5.32 Å². The molecular formula is C8H12ClN3. The highest BCUT2D eigenvalue weighted by atomic mass is 35.5. The van der Waals surface area contributed by atoms with Crippen LogP contribution in [0.5, 0.6) is 0 Å². The van der Waals surface area contributed by atoms with Crippen molar-refractivity contribution in [1.82, 2.24) is 9.97 Å². The summed E-state index contributed by atoms with van der Waals surface area (Å²) >= 11 is 5.59. The third-order valence-corrected chi connectivity index (χ3v) is 1.72. The van der Waals surface area contributed by atoms with E-state index in [1.54, 1.807) is 18.6 Å². The Labute approximate surface area is 77.2 Å². The minimum Gasteiger partial charge on any atom is -0.366 e. The molecule has 0 bridgehead atoms. The van der Waals surface area contributed by atoms with Crippen LogP contribution in [0.15, 0.2) is 18.6 Å². The summed E-state index contributed by atoms with van der Waals surface area (Å²) in [6.45, 7) is 2.07. The molecule has 1 rings (SSSR count). The van der Waals surface area contributed by atoms with Crippen LogP contribution in [0.3, 0.4) is 0 Å². The molecule has 0 aliphatic heterocycles. The molecule has 1 unspecified atom stereocenters. The molecule has 0 saturated carbocycles. The summed E-state index contributed by atoms with van der Waals surface area (Å²) in [6.07, 6.45) is 5.94. The lowest BCUT2D eigenvalue weighted by molar-refractivity contribution is 0.762. The number of halogens is 1. The first-order valence-corrected chi connectivity index (χ1v) is 4.45. The van der Waals surface area contributed by atoms with Crippen molar-refractivity contribution in [1.29, 1.82) is 0 Å². The van der Waals surface area contributed by atoms with Gasteiger partial charge in [0.25, 0.3) is 0 Å². The van der Waals surface area contributed by atoms with Gasteiger partial charge in [-0.25, -0.2) is 4.98 Å². The van der Waals surface area contributed by atoms with Gasteiger partial charge in [-0.1, -0.05) is 0 Å². The van der Waals surface area contributed by atoms with Crippen LogP contribution in [0, 0.1) is 0 Å². The highest BCUT2D eigenvalue weighted by Gasteiger charge is 2.00. The maximum atomic E-state index is 5.59. The summed E-state index contributed by atoms with van der Waals surface area (Å²) in [4.78, 5) is 8.02. The van der Waals surface area contributed by atoms with E-state index in [1.807, 2.05) is 0 Å². The summed E-state index contributed by atoms with van der Waals surface area (Å²) in [5.74, 6) is 1.46. The predicted octanol–water partition coefficient (Wildman–Crippen LogP) is 1.91. The van der Waals surface area contributed by atoms with Gasteiger partial charge in [0.15, 0.2) is 0 Å². The van der Waals surface area contributed by atoms with Crippen molar-refractivity contribution in [3.05, 3.63) is 18.6 Å². The smallest absolute Gasteiger partial charge is 0.144 e. The molecule has 1 aromatic heterocycles. The van der Waals surface area contributed by atoms with E-state index < -0.39 is 0 Å². The van der Waals surface area contributed by atoms with Crippen molar-refractivity contribution in [2.45, 2.75) is 19.4 Å². The molecule has 1 N–H and O–H groups in total. The Balaban J connectivity index is 2.41. The van der Waals surface area contributed by atoms with Gasteiger partial charge in [0.1, 0.15) is 5.82 Å². The zero-order chi connectivity index (χ0) is 8.81. The van der Waals surface area contributed by atoms with E-state index in [-0.39, 0.29) is 0 Å². The Morgan fingerprint density at radius 2 is 2.42 bits per heavy atom. The summed E-state index contributed by atoms with van der Waals surface area (Å²) in [5.41, 5.74) is 0. The molecule has 4 heteroatoms. The maximum Gasteiger partial charge on any atom is 0.144 e. The van der Waals surface area contributed by atoms with Crippen LogP contribution in [0.2, 0.25) is 0 Å². The molecule has 0 spiro atoms. The molecule has 66 valence electrons. The summed E-state index contributed by atoms with van der Waals surface area (Å²) in [7, 11) is 0. The van der Waals surface area contributed by atoms with Crippen LogP contribution >= 0.6 is 11.6 Å². The molecule has 0 aliphatic rings. The molecule has 0 radical (unpaired) electrons. The van der Waals surface area contributed by atoms with Crippen molar-refractivity contribution in [2.75, 3.05) is 11.2 Å². The standard InChI is InChI=1S/C8H12ClN3/c1-7(2-3-9)12-8-6-10-4-5-11-8/h4-7H,2-3H2,1H3,(H,11,12). The zero-order valence-corrected chi connectivity index (χ0v) is 7.75. The normalized spacial score (nSPS) is 12.5. The second-order valence-electron chi connectivity index (χ2n) is 2.61. The van der Waals surface area contributed by atoms with Crippen LogP contribution in [0.4, 0.5) is 5.82 Å². The van der Waals surface area contributed by atoms with E-state index in [2.05, 4.69) is 22.2 Å². The average Bonchev–Trinajstić information content (AvgIpc) is 2.06. The van der Waals surface area contributed by atoms with E-state index in [0.29, 0.717) is 11.9 Å². The molecule has 1 heterocycles. The first-order valence-electron chi connectivity index (χ1n) is 3.91. The Kier molecular flexibility index (Phi) is 3.80. The SMILES string of the molecule is CC(CCCl)Nc1cnccn1. The zero-order valence-electron chi connectivity index (χ0n) is 7.00. The molecule has 0 aromatic carbocycles. The van der Waals surface area contributed by atoms with Gasteiger partial charge in [-0.3, -0.25) is 4.98 Å². The van der Waals surface area contributed by atoms with Crippen molar-refractivity contribution in [3.8, 4) is 0 Å². The van der Waals surface area contributed by atoms with E-state index in [4.69, 9.17) is 11.6 Å². The lowest BCUT2D eigenvalue weighted by Crippen LogP contribution is -2.16. The third-order valence-electron chi connectivity index (χ3n) is 1.50. The van der Waals surface area contributed by atoms with Gasteiger partial charge in [0.2, 0.25) is 0 Å². The Bertz CT molecular complexity index is 215. The Hall–Kier alpha value is -0.830. The highest BCUT2D eigenvalue weighted by molar-refractivity contribution is 6.17. The minimum atomic E-state index is 0.346. The third kappa shape index (κ3) is 3.05. The molecule has 1 aromatic rings. The van der Waals surface area contributed by atoms with Crippen molar-refractivity contribution < 1.29 is 0 Å². The van der Waals surface area contributed by atoms with Crippen LogP contribution in [-0.2, 0) is 0 Å². The van der Waals surface area contributed by atoms with Gasteiger partial charge >= 0.3 is 0 Å². The predicted molar refractivity (Wildman–Crippen MR) is 50.5 cm³/mol. The second kappa shape index (κ2) is 4.93. The van der Waals surface area contributed by atoms with Gasteiger partial charge in [-0.2, -0.15) is 0 Å². The molecule has 0 aliphatic carbocycles. The number of anilines is 1. The van der Waals surface area contributed by atoms with Crippen LogP contribution in [0.1, 0.15) is 13.3 Å². The highest BCUT2D eigenvalue weighted by Crippen LogP contribution is 2.03. The van der Waals surface area contributed by atoms with E-state index in [0.717, 1.165) is 12.2 Å². The molecular weight excluding hydrogens is 174 g/mol. The quantitative estimate of drug-likeness (QED) is 0.729. The van der Waals surface area contributed by atoms with E-state index in [9.17, 15) is 0 Å². The van der Waals surface area contributed by atoms with Crippen LogP contribution in [-0.4, -0.2) is 21.9 Å². The largest absolute Gasteiger partial charge is 0.366 e. The number of aromatic nitrogens is 2. The first-order chi connectivity index (χ1) is 5.83. The lowest BCUT2D eigenvalue weighted by Gasteiger charge is -2.11. The summed E-state index contributed by atoms with van der Waals surface area (Å²) in [6, 6.07) is 0.346. The van der Waals surface area contributed by atoms with E-state index in [1.165, 1.54) is 0 Å². The van der Waals surface area contributed by atoms with Gasteiger partial charge in [0.05, 0.1) is 6.20 Å². The first kappa shape index (κ1) is 9.26. The molecule has 0 amide bonds. The molecule has 0 saturated heterocycles. The fourth-order valence-electron chi connectivity index (χ4n) is 0.862. The molecule has 3 nitrogen and oxygen atoms in total. The number of nitrogens with one attached hydrogen (secondary N) is 1. The molecule has 0 fully saturated rings. The minimum absolute atomic E-state index is 0.346. The number of hydrogen-bond donors (Lipinski definition) is 1. The Morgan fingerprint density at radius 1 is 1.58 bits per heavy atom. The van der Waals surface area contributed by atoms with Crippen molar-refractivity contribution in [2.24, 2.45) is 0 Å². The van der Waals surface area contributed by atoms with Gasteiger partial charge in [-0.05, 0) is 13.3 Å². The fourth-order valence-corrected chi connectivity index (χ4v) is 1.19. The molecule has 12 heavy (non-hydrogen) atoms. The maximum absolute atomic E-state index is 5.59. The number of hydrogen-bond acceptors (Lipinski definition) is 3. The summed E-state index contributed by atoms with van der Waals surface area (Å²) in [5, 5.41) is 3.18. The van der Waals surface area contributed by atoms with Crippen LogP contribution in [0.25, 0.3) is 0 Å². The van der Waals surface area contributed by atoms with Gasteiger partial charge in [0, 0.05) is 24.3 Å². The molecule has 1 atom stereocenters. The monoisotopic (exact) mass is 185 g/mol.